The van der Waals surface area contributed by atoms with Crippen LogP contribution in [0.3, 0.4) is 0 Å². The summed E-state index contributed by atoms with van der Waals surface area (Å²) in [6.45, 7) is 3.50. The number of benzene rings is 1. The van der Waals surface area contributed by atoms with E-state index in [1.807, 2.05) is 30.3 Å². The van der Waals surface area contributed by atoms with Gasteiger partial charge in [-0.05, 0) is 30.4 Å². The van der Waals surface area contributed by atoms with Crippen LogP contribution in [0.5, 0.6) is 0 Å². The van der Waals surface area contributed by atoms with E-state index in [0.29, 0.717) is 18.8 Å². The number of thiophene rings is 1. The van der Waals surface area contributed by atoms with Crippen LogP contribution in [-0.4, -0.2) is 47.3 Å². The monoisotopic (exact) mass is 417 g/mol. The molecule has 3 aromatic rings. The lowest BCUT2D eigenvalue weighted by atomic mass is 10.1. The molecule has 0 saturated carbocycles. The number of aromatic nitrogens is 3. The number of rotatable bonds is 6. The van der Waals surface area contributed by atoms with Crippen LogP contribution in [0, 0.1) is 6.92 Å². The van der Waals surface area contributed by atoms with E-state index >= 15 is 0 Å². The Morgan fingerprint density at radius 2 is 2.07 bits per heavy atom. The summed E-state index contributed by atoms with van der Waals surface area (Å²) >= 11 is 1.72. The predicted octanol–water partition coefficient (Wildman–Crippen LogP) is 2.71. The number of nitrogens with zero attached hydrogens (tertiary/aromatic N) is 3. The Bertz CT molecular complexity index is 1050. The minimum absolute atomic E-state index is 0.0225. The lowest BCUT2D eigenvalue weighted by Gasteiger charge is -2.22. The van der Waals surface area contributed by atoms with Crippen molar-refractivity contribution in [1.82, 2.24) is 24.8 Å². The summed E-state index contributed by atoms with van der Waals surface area (Å²) in [5.41, 5.74) is 2.21. The van der Waals surface area contributed by atoms with Crippen LogP contribution < -0.4 is 4.72 Å². The minimum Gasteiger partial charge on any atom is -0.287 e. The van der Waals surface area contributed by atoms with Crippen LogP contribution in [0.25, 0.3) is 11.4 Å². The third-order valence-corrected chi connectivity index (χ3v) is 6.72. The molecule has 1 aromatic carbocycles. The van der Waals surface area contributed by atoms with Crippen LogP contribution in [-0.2, 0) is 16.6 Å². The van der Waals surface area contributed by atoms with Gasteiger partial charge >= 0.3 is 0 Å². The lowest BCUT2D eigenvalue weighted by Crippen LogP contribution is -2.36. The van der Waals surface area contributed by atoms with Gasteiger partial charge in [-0.1, -0.05) is 30.3 Å². The number of aromatic amines is 1. The van der Waals surface area contributed by atoms with E-state index < -0.39 is 10.0 Å². The standard InChI is InChI=1S/C19H23N5O2S2/c1-13-8-9-27-17(13)12-24-11-15(23-28(2,25)26)10-16(24)19-20-18(21-22-19)14-6-4-3-5-7-14/h3-9,15-16,23H,10-12H2,1-2H3,(H,20,21,22)/t15-,16-/m0/s1. The highest BCUT2D eigenvalue weighted by molar-refractivity contribution is 7.88. The van der Waals surface area contributed by atoms with Gasteiger partial charge in [-0.15, -0.1) is 11.3 Å². The normalized spacial score (nSPS) is 20.6. The van der Waals surface area contributed by atoms with Gasteiger partial charge in [0.1, 0.15) is 5.82 Å². The van der Waals surface area contributed by atoms with Gasteiger partial charge in [-0.2, -0.15) is 5.10 Å². The van der Waals surface area contributed by atoms with Crippen LogP contribution in [0.4, 0.5) is 0 Å². The summed E-state index contributed by atoms with van der Waals surface area (Å²) in [6, 6.07) is 11.8. The molecule has 2 atom stereocenters. The molecule has 1 fully saturated rings. The molecule has 0 spiro atoms. The molecule has 0 radical (unpaired) electrons. The third kappa shape index (κ3) is 4.33. The Morgan fingerprint density at radius 1 is 1.29 bits per heavy atom. The number of nitrogens with one attached hydrogen (secondary N) is 2. The molecule has 0 bridgehead atoms. The molecule has 9 heteroatoms. The SMILES string of the molecule is Cc1ccsc1CN1C[C@@H](NS(C)(=O)=O)C[C@H]1c1nc(-c2ccccc2)n[nH]1. The molecule has 3 heterocycles. The molecular formula is C19H23N5O2S2. The average Bonchev–Trinajstić information content (AvgIpc) is 3.36. The van der Waals surface area contributed by atoms with Crippen LogP contribution in [0.15, 0.2) is 41.8 Å². The van der Waals surface area contributed by atoms with Gasteiger partial charge < -0.3 is 0 Å². The largest absolute Gasteiger partial charge is 0.287 e. The lowest BCUT2D eigenvalue weighted by molar-refractivity contribution is 0.240. The van der Waals surface area contributed by atoms with E-state index in [4.69, 9.17) is 4.98 Å². The number of sulfonamides is 1. The molecule has 0 amide bonds. The molecule has 0 aliphatic carbocycles. The number of hydrogen-bond acceptors (Lipinski definition) is 6. The Morgan fingerprint density at radius 3 is 2.75 bits per heavy atom. The fourth-order valence-electron chi connectivity index (χ4n) is 3.64. The maximum atomic E-state index is 11.7. The highest BCUT2D eigenvalue weighted by atomic mass is 32.2. The second kappa shape index (κ2) is 7.75. The first-order valence-electron chi connectivity index (χ1n) is 9.11. The van der Waals surface area contributed by atoms with Crippen LogP contribution >= 0.6 is 11.3 Å². The van der Waals surface area contributed by atoms with Gasteiger partial charge in [0.05, 0.1) is 12.3 Å². The first-order chi connectivity index (χ1) is 13.4. The summed E-state index contributed by atoms with van der Waals surface area (Å²) < 4.78 is 26.2. The van der Waals surface area contributed by atoms with Gasteiger partial charge in [0.2, 0.25) is 10.0 Å². The summed E-state index contributed by atoms with van der Waals surface area (Å²) in [5, 5.41) is 9.55. The fourth-order valence-corrected chi connectivity index (χ4v) is 5.35. The zero-order chi connectivity index (χ0) is 19.7. The van der Waals surface area contributed by atoms with E-state index in [9.17, 15) is 8.42 Å². The fraction of sp³-hybridized carbons (Fsp3) is 0.368. The van der Waals surface area contributed by atoms with E-state index in [-0.39, 0.29) is 12.1 Å². The molecule has 28 heavy (non-hydrogen) atoms. The summed E-state index contributed by atoms with van der Waals surface area (Å²) in [6.07, 6.45) is 1.86. The van der Waals surface area contributed by atoms with Crippen molar-refractivity contribution in [2.45, 2.75) is 32.0 Å². The maximum absolute atomic E-state index is 11.7. The molecule has 2 aromatic heterocycles. The summed E-state index contributed by atoms with van der Waals surface area (Å²) in [4.78, 5) is 8.27. The highest BCUT2D eigenvalue weighted by Gasteiger charge is 2.36. The van der Waals surface area contributed by atoms with E-state index in [1.54, 1.807) is 11.3 Å². The molecule has 1 aliphatic rings. The first-order valence-corrected chi connectivity index (χ1v) is 11.9. The third-order valence-electron chi connectivity index (χ3n) is 4.95. The second-order valence-electron chi connectivity index (χ2n) is 7.20. The Hall–Kier alpha value is -2.07. The number of hydrogen-bond donors (Lipinski definition) is 2. The van der Waals surface area contributed by atoms with Gasteiger partial charge in [0, 0.05) is 29.6 Å². The Kier molecular flexibility index (Phi) is 5.33. The zero-order valence-corrected chi connectivity index (χ0v) is 17.4. The molecule has 7 nitrogen and oxygen atoms in total. The van der Waals surface area contributed by atoms with Gasteiger partial charge in [0.25, 0.3) is 0 Å². The summed E-state index contributed by atoms with van der Waals surface area (Å²) in [5.74, 6) is 1.42. The van der Waals surface area contributed by atoms with Gasteiger partial charge in [-0.3, -0.25) is 10.00 Å². The van der Waals surface area contributed by atoms with Crippen molar-refractivity contribution in [2.75, 3.05) is 12.8 Å². The zero-order valence-electron chi connectivity index (χ0n) is 15.8. The van der Waals surface area contributed by atoms with Crippen molar-refractivity contribution in [3.8, 4) is 11.4 Å². The van der Waals surface area contributed by atoms with Crippen molar-refractivity contribution in [3.05, 3.63) is 58.0 Å². The molecule has 0 unspecified atom stereocenters. The topological polar surface area (TPSA) is 91.0 Å². The quantitative estimate of drug-likeness (QED) is 0.644. The molecule has 4 rings (SSSR count). The predicted molar refractivity (Wildman–Crippen MR) is 110 cm³/mol. The second-order valence-corrected chi connectivity index (χ2v) is 9.99. The van der Waals surface area contributed by atoms with E-state index in [1.165, 1.54) is 16.7 Å². The van der Waals surface area contributed by atoms with Crippen LogP contribution in [0.1, 0.15) is 28.7 Å². The van der Waals surface area contributed by atoms with E-state index in [2.05, 4.69) is 38.2 Å². The van der Waals surface area contributed by atoms with Crippen molar-refractivity contribution in [2.24, 2.45) is 0 Å². The number of likely N-dealkylation sites (tertiary alicyclic amines) is 1. The highest BCUT2D eigenvalue weighted by Crippen LogP contribution is 2.34. The van der Waals surface area contributed by atoms with Crippen LogP contribution in [0.2, 0.25) is 0 Å². The molecule has 148 valence electrons. The first kappa shape index (κ1) is 19.3. The Labute approximate surface area is 168 Å². The van der Waals surface area contributed by atoms with Gasteiger partial charge in [0.15, 0.2) is 5.82 Å². The molecule has 1 saturated heterocycles. The van der Waals surface area contributed by atoms with Crippen molar-refractivity contribution in [1.29, 1.82) is 0 Å². The van der Waals surface area contributed by atoms with E-state index in [0.717, 1.165) is 17.9 Å². The number of H-pyrrole nitrogens is 1. The minimum atomic E-state index is -3.26. The molecule has 2 N–H and O–H groups in total. The maximum Gasteiger partial charge on any atom is 0.208 e. The van der Waals surface area contributed by atoms with Crippen molar-refractivity contribution >= 4 is 21.4 Å². The average molecular weight is 418 g/mol. The van der Waals surface area contributed by atoms with Crippen molar-refractivity contribution < 1.29 is 8.42 Å². The molecular weight excluding hydrogens is 394 g/mol. The smallest absolute Gasteiger partial charge is 0.208 e. The van der Waals surface area contributed by atoms with Gasteiger partial charge in [-0.25, -0.2) is 18.1 Å². The number of aryl methyl sites for hydroxylation is 1. The molecule has 1 aliphatic heterocycles. The Balaban J connectivity index is 1.60. The van der Waals surface area contributed by atoms with Crippen molar-refractivity contribution in [3.63, 3.8) is 0 Å². The summed E-state index contributed by atoms with van der Waals surface area (Å²) in [7, 11) is -3.26.